The van der Waals surface area contributed by atoms with Crippen LogP contribution in [0.15, 0.2) is 24.3 Å². The zero-order valence-electron chi connectivity index (χ0n) is 8.36. The number of ether oxygens (including phenoxy) is 1. The summed E-state index contributed by atoms with van der Waals surface area (Å²) >= 11 is 0. The van der Waals surface area contributed by atoms with Crippen LogP contribution >= 0.6 is 0 Å². The van der Waals surface area contributed by atoms with Crippen LogP contribution < -0.4 is 0 Å². The molecule has 3 heteroatoms. The molecule has 1 rings (SSSR count). The molecule has 1 unspecified atom stereocenters. The van der Waals surface area contributed by atoms with E-state index in [0.29, 0.717) is 0 Å². The number of carboxylic acid groups (broad SMARTS) is 1. The van der Waals surface area contributed by atoms with E-state index in [0.717, 1.165) is 11.1 Å². The van der Waals surface area contributed by atoms with Crippen molar-refractivity contribution in [3.05, 3.63) is 35.4 Å². The van der Waals surface area contributed by atoms with Crippen LogP contribution in [0.2, 0.25) is 0 Å². The molecule has 0 aliphatic rings. The standard InChI is InChI=1S/C11H14O3/c1-8(14-2)10-5-3-9(4-6-10)7-11(12)13/h3-6,8H,7H2,1-2H3,(H,12,13). The second-order valence-corrected chi connectivity index (χ2v) is 3.19. The Morgan fingerprint density at radius 3 is 2.43 bits per heavy atom. The maximum Gasteiger partial charge on any atom is 0.307 e. The van der Waals surface area contributed by atoms with Crippen LogP contribution in [0, 0.1) is 0 Å². The van der Waals surface area contributed by atoms with Gasteiger partial charge >= 0.3 is 5.97 Å². The van der Waals surface area contributed by atoms with Crippen molar-refractivity contribution in [3.63, 3.8) is 0 Å². The minimum atomic E-state index is -0.808. The van der Waals surface area contributed by atoms with Crippen LogP contribution in [-0.2, 0) is 16.0 Å². The molecule has 0 bridgehead atoms. The summed E-state index contributed by atoms with van der Waals surface area (Å²) in [4.78, 5) is 10.4. The molecule has 0 heterocycles. The Hall–Kier alpha value is -1.35. The van der Waals surface area contributed by atoms with Crippen molar-refractivity contribution in [2.24, 2.45) is 0 Å². The molecule has 0 fully saturated rings. The first kappa shape index (κ1) is 10.7. The van der Waals surface area contributed by atoms with E-state index < -0.39 is 5.97 Å². The Balaban J connectivity index is 2.73. The summed E-state index contributed by atoms with van der Waals surface area (Å²) < 4.78 is 5.14. The van der Waals surface area contributed by atoms with E-state index in [2.05, 4.69) is 0 Å². The van der Waals surface area contributed by atoms with Gasteiger partial charge in [0.25, 0.3) is 0 Å². The third-order valence-electron chi connectivity index (χ3n) is 2.16. The molecule has 3 nitrogen and oxygen atoms in total. The average Bonchev–Trinajstić information content (AvgIpc) is 2.17. The molecular weight excluding hydrogens is 180 g/mol. The SMILES string of the molecule is COC(C)c1ccc(CC(=O)O)cc1. The van der Waals surface area contributed by atoms with Crippen LogP contribution in [0.25, 0.3) is 0 Å². The zero-order chi connectivity index (χ0) is 10.6. The lowest BCUT2D eigenvalue weighted by Crippen LogP contribution is -2.01. The maximum atomic E-state index is 10.4. The summed E-state index contributed by atoms with van der Waals surface area (Å²) in [6, 6.07) is 7.43. The van der Waals surface area contributed by atoms with Crippen molar-refractivity contribution in [1.82, 2.24) is 0 Å². The Kier molecular flexibility index (Phi) is 3.65. The molecule has 1 atom stereocenters. The maximum absolute atomic E-state index is 10.4. The van der Waals surface area contributed by atoms with E-state index in [1.807, 2.05) is 31.2 Å². The number of benzene rings is 1. The molecule has 0 spiro atoms. The van der Waals surface area contributed by atoms with Gasteiger partial charge in [-0.1, -0.05) is 24.3 Å². The summed E-state index contributed by atoms with van der Waals surface area (Å²) in [6.07, 6.45) is 0.121. The number of carboxylic acids is 1. The quantitative estimate of drug-likeness (QED) is 0.797. The predicted molar refractivity (Wildman–Crippen MR) is 53.2 cm³/mol. The lowest BCUT2D eigenvalue weighted by atomic mass is 10.1. The monoisotopic (exact) mass is 194 g/mol. The van der Waals surface area contributed by atoms with E-state index >= 15 is 0 Å². The predicted octanol–water partition coefficient (Wildman–Crippen LogP) is 2.02. The Labute approximate surface area is 83.3 Å². The van der Waals surface area contributed by atoms with Gasteiger partial charge < -0.3 is 9.84 Å². The third kappa shape index (κ3) is 2.85. The van der Waals surface area contributed by atoms with Gasteiger partial charge in [0.2, 0.25) is 0 Å². The largest absolute Gasteiger partial charge is 0.481 e. The fourth-order valence-corrected chi connectivity index (χ4v) is 1.22. The number of methoxy groups -OCH3 is 1. The Bertz CT molecular complexity index is 303. The summed E-state index contributed by atoms with van der Waals surface area (Å²) in [5, 5.41) is 8.57. The minimum absolute atomic E-state index is 0.0499. The lowest BCUT2D eigenvalue weighted by molar-refractivity contribution is -0.136. The van der Waals surface area contributed by atoms with Gasteiger partial charge in [0, 0.05) is 7.11 Å². The molecule has 76 valence electrons. The highest BCUT2D eigenvalue weighted by Crippen LogP contribution is 2.16. The molecule has 0 radical (unpaired) electrons. The van der Waals surface area contributed by atoms with Gasteiger partial charge in [-0.05, 0) is 18.1 Å². The smallest absolute Gasteiger partial charge is 0.307 e. The van der Waals surface area contributed by atoms with Gasteiger partial charge in [0.1, 0.15) is 0 Å². The first-order valence-corrected chi connectivity index (χ1v) is 4.47. The van der Waals surface area contributed by atoms with Crippen molar-refractivity contribution in [2.45, 2.75) is 19.4 Å². The van der Waals surface area contributed by atoms with E-state index in [9.17, 15) is 4.79 Å². The minimum Gasteiger partial charge on any atom is -0.481 e. The van der Waals surface area contributed by atoms with Gasteiger partial charge in [-0.3, -0.25) is 4.79 Å². The Morgan fingerprint density at radius 2 is 2.00 bits per heavy atom. The average molecular weight is 194 g/mol. The number of aliphatic carboxylic acids is 1. The summed E-state index contributed by atoms with van der Waals surface area (Å²) in [5.41, 5.74) is 1.87. The summed E-state index contributed by atoms with van der Waals surface area (Å²) in [7, 11) is 1.65. The van der Waals surface area contributed by atoms with Crippen molar-refractivity contribution < 1.29 is 14.6 Å². The fourth-order valence-electron chi connectivity index (χ4n) is 1.22. The third-order valence-corrected chi connectivity index (χ3v) is 2.16. The number of hydrogen-bond donors (Lipinski definition) is 1. The zero-order valence-corrected chi connectivity index (χ0v) is 8.36. The molecule has 0 aromatic heterocycles. The molecule has 0 amide bonds. The second-order valence-electron chi connectivity index (χ2n) is 3.19. The molecule has 0 aliphatic heterocycles. The molecule has 0 saturated carbocycles. The second kappa shape index (κ2) is 4.77. The molecule has 1 N–H and O–H groups in total. The van der Waals surface area contributed by atoms with E-state index in [-0.39, 0.29) is 12.5 Å². The summed E-state index contributed by atoms with van der Waals surface area (Å²) in [6.45, 7) is 1.95. The van der Waals surface area contributed by atoms with Gasteiger partial charge in [0.15, 0.2) is 0 Å². The lowest BCUT2D eigenvalue weighted by Gasteiger charge is -2.09. The number of rotatable bonds is 4. The molecule has 1 aromatic carbocycles. The first-order chi connectivity index (χ1) is 6.63. The highest BCUT2D eigenvalue weighted by atomic mass is 16.5. The van der Waals surface area contributed by atoms with Gasteiger partial charge in [-0.15, -0.1) is 0 Å². The summed E-state index contributed by atoms with van der Waals surface area (Å²) in [5.74, 6) is -0.808. The first-order valence-electron chi connectivity index (χ1n) is 4.47. The van der Waals surface area contributed by atoms with E-state index in [1.165, 1.54) is 0 Å². The molecule has 0 saturated heterocycles. The Morgan fingerprint density at radius 1 is 1.43 bits per heavy atom. The van der Waals surface area contributed by atoms with Crippen LogP contribution in [0.3, 0.4) is 0 Å². The van der Waals surface area contributed by atoms with Crippen LogP contribution in [0.5, 0.6) is 0 Å². The van der Waals surface area contributed by atoms with E-state index in [4.69, 9.17) is 9.84 Å². The highest BCUT2D eigenvalue weighted by Gasteiger charge is 2.04. The molecule has 1 aromatic rings. The van der Waals surface area contributed by atoms with E-state index in [1.54, 1.807) is 7.11 Å². The topological polar surface area (TPSA) is 46.5 Å². The molecule has 0 aliphatic carbocycles. The fraction of sp³-hybridized carbons (Fsp3) is 0.364. The van der Waals surface area contributed by atoms with Crippen molar-refractivity contribution in [3.8, 4) is 0 Å². The van der Waals surface area contributed by atoms with Gasteiger partial charge in [-0.2, -0.15) is 0 Å². The van der Waals surface area contributed by atoms with Gasteiger partial charge in [0.05, 0.1) is 12.5 Å². The van der Waals surface area contributed by atoms with Crippen molar-refractivity contribution >= 4 is 5.97 Å². The van der Waals surface area contributed by atoms with Gasteiger partial charge in [-0.25, -0.2) is 0 Å². The number of carbonyl (C=O) groups is 1. The highest BCUT2D eigenvalue weighted by molar-refractivity contribution is 5.70. The van der Waals surface area contributed by atoms with Crippen molar-refractivity contribution in [2.75, 3.05) is 7.11 Å². The van der Waals surface area contributed by atoms with Crippen LogP contribution in [0.1, 0.15) is 24.2 Å². The molecule has 14 heavy (non-hydrogen) atoms. The molecular formula is C11H14O3. The number of hydrogen-bond acceptors (Lipinski definition) is 2. The van der Waals surface area contributed by atoms with Crippen LogP contribution in [-0.4, -0.2) is 18.2 Å². The van der Waals surface area contributed by atoms with Crippen molar-refractivity contribution in [1.29, 1.82) is 0 Å². The normalized spacial score (nSPS) is 12.4. The van der Waals surface area contributed by atoms with Crippen LogP contribution in [0.4, 0.5) is 0 Å².